The summed E-state index contributed by atoms with van der Waals surface area (Å²) in [4.78, 5) is 8.78. The van der Waals surface area contributed by atoms with Crippen molar-refractivity contribution in [2.24, 2.45) is 4.99 Å². The number of benzene rings is 2. The zero-order valence-electron chi connectivity index (χ0n) is 14.2. The van der Waals surface area contributed by atoms with Crippen molar-refractivity contribution in [2.75, 3.05) is 6.67 Å². The van der Waals surface area contributed by atoms with E-state index in [9.17, 15) is 13.2 Å². The van der Waals surface area contributed by atoms with Crippen molar-refractivity contribution >= 4 is 16.6 Å². The molecule has 1 aliphatic rings. The average Bonchev–Trinajstić information content (AvgIpc) is 2.66. The Morgan fingerprint density at radius 3 is 2.62 bits per heavy atom. The minimum atomic E-state index is -3.55. The molecule has 1 atom stereocenters. The fraction of sp³-hybridized carbons (Fsp3) is 0.238. The van der Waals surface area contributed by atoms with Gasteiger partial charge >= 0.3 is 5.92 Å². The fourth-order valence-electron chi connectivity index (χ4n) is 3.40. The van der Waals surface area contributed by atoms with Crippen LogP contribution in [0.5, 0.6) is 0 Å². The highest BCUT2D eigenvalue weighted by Crippen LogP contribution is 2.40. The van der Waals surface area contributed by atoms with Gasteiger partial charge in [-0.05, 0) is 24.6 Å². The van der Waals surface area contributed by atoms with Crippen molar-refractivity contribution in [1.82, 2.24) is 4.98 Å². The smallest absolute Gasteiger partial charge is 0.271 e. The Kier molecular flexibility index (Phi) is 3.83. The molecule has 0 radical (unpaired) electrons. The number of aliphatic imine (C=N–C) groups is 1. The molecule has 2 heterocycles. The molecule has 0 fully saturated rings. The molecule has 132 valence electrons. The molecule has 0 spiro atoms. The van der Waals surface area contributed by atoms with E-state index < -0.39 is 18.1 Å². The van der Waals surface area contributed by atoms with E-state index in [2.05, 4.69) is 9.98 Å². The van der Waals surface area contributed by atoms with E-state index in [1.807, 2.05) is 42.5 Å². The van der Waals surface area contributed by atoms with Gasteiger partial charge in [-0.1, -0.05) is 42.5 Å². The summed E-state index contributed by atoms with van der Waals surface area (Å²) in [5.41, 5.74) is 1.59. The Balaban J connectivity index is 1.94. The second-order valence-corrected chi connectivity index (χ2v) is 6.82. The first kappa shape index (κ1) is 16.8. The maximum absolute atomic E-state index is 14.4. The van der Waals surface area contributed by atoms with Crippen LogP contribution in [0.15, 0.2) is 65.8 Å². The highest BCUT2D eigenvalue weighted by Gasteiger charge is 2.52. The molecule has 0 amide bonds. The van der Waals surface area contributed by atoms with Crippen LogP contribution in [0.2, 0.25) is 0 Å². The molecule has 4 rings (SSSR count). The SMILES string of the molecule is CC1(C(F)(F)CF)Cc2ccccc2C(c2cnc3ccccc3c2)=N1. The molecular weight excluding hydrogens is 337 g/mol. The van der Waals surface area contributed by atoms with Gasteiger partial charge in [-0.2, -0.15) is 0 Å². The number of aromatic nitrogens is 1. The topological polar surface area (TPSA) is 25.2 Å². The lowest BCUT2D eigenvalue weighted by Crippen LogP contribution is -2.50. The predicted molar refractivity (Wildman–Crippen MR) is 96.9 cm³/mol. The molecule has 0 saturated heterocycles. The first-order valence-electron chi connectivity index (χ1n) is 8.41. The predicted octanol–water partition coefficient (Wildman–Crippen LogP) is 4.99. The number of pyridine rings is 1. The maximum atomic E-state index is 14.4. The molecule has 0 N–H and O–H groups in total. The number of rotatable bonds is 3. The lowest BCUT2D eigenvalue weighted by molar-refractivity contribution is -0.0836. The van der Waals surface area contributed by atoms with Gasteiger partial charge in [-0.25, -0.2) is 13.2 Å². The molecular formula is C21H17F3N2. The molecule has 0 bridgehead atoms. The van der Waals surface area contributed by atoms with Crippen LogP contribution in [-0.4, -0.2) is 28.8 Å². The number of alkyl halides is 3. The Bertz CT molecular complexity index is 1010. The van der Waals surface area contributed by atoms with E-state index in [1.54, 1.807) is 18.3 Å². The van der Waals surface area contributed by atoms with Crippen molar-refractivity contribution in [3.05, 3.63) is 77.5 Å². The largest absolute Gasteiger partial charge is 0.300 e. The number of para-hydroxylation sites is 1. The highest BCUT2D eigenvalue weighted by atomic mass is 19.3. The Hall–Kier alpha value is -2.69. The third kappa shape index (κ3) is 2.59. The number of nitrogens with zero attached hydrogens (tertiary/aromatic N) is 2. The van der Waals surface area contributed by atoms with Gasteiger partial charge in [-0.3, -0.25) is 9.98 Å². The van der Waals surface area contributed by atoms with Crippen LogP contribution in [0.4, 0.5) is 13.2 Å². The zero-order valence-corrected chi connectivity index (χ0v) is 14.2. The van der Waals surface area contributed by atoms with Crippen LogP contribution >= 0.6 is 0 Å². The molecule has 26 heavy (non-hydrogen) atoms. The Labute approximate surface area is 149 Å². The second-order valence-electron chi connectivity index (χ2n) is 6.82. The number of fused-ring (bicyclic) bond motifs is 2. The van der Waals surface area contributed by atoms with Crippen LogP contribution in [0.1, 0.15) is 23.6 Å². The minimum Gasteiger partial charge on any atom is -0.271 e. The molecule has 2 aromatic carbocycles. The maximum Gasteiger partial charge on any atom is 0.300 e. The van der Waals surface area contributed by atoms with Gasteiger partial charge in [0.15, 0.2) is 6.67 Å². The van der Waals surface area contributed by atoms with Gasteiger partial charge < -0.3 is 0 Å². The zero-order chi connectivity index (χ0) is 18.4. The summed E-state index contributed by atoms with van der Waals surface area (Å²) in [5, 5.41) is 0.898. The molecule has 1 aliphatic heterocycles. The van der Waals surface area contributed by atoms with Crippen LogP contribution < -0.4 is 0 Å². The van der Waals surface area contributed by atoms with E-state index in [0.717, 1.165) is 22.0 Å². The summed E-state index contributed by atoms with van der Waals surface area (Å²) in [6, 6.07) is 16.8. The van der Waals surface area contributed by atoms with Crippen LogP contribution in [0, 0.1) is 0 Å². The van der Waals surface area contributed by atoms with Gasteiger partial charge in [0.2, 0.25) is 0 Å². The quantitative estimate of drug-likeness (QED) is 0.650. The van der Waals surface area contributed by atoms with E-state index in [-0.39, 0.29) is 6.42 Å². The molecule has 0 aliphatic carbocycles. The second kappa shape index (κ2) is 5.94. The van der Waals surface area contributed by atoms with Crippen molar-refractivity contribution < 1.29 is 13.2 Å². The number of halogens is 3. The van der Waals surface area contributed by atoms with Crippen molar-refractivity contribution in [3.8, 4) is 0 Å². The lowest BCUT2D eigenvalue weighted by Gasteiger charge is -2.37. The molecule has 0 saturated carbocycles. The third-order valence-corrected chi connectivity index (χ3v) is 4.99. The summed E-state index contributed by atoms with van der Waals surface area (Å²) in [5.74, 6) is -3.55. The van der Waals surface area contributed by atoms with Gasteiger partial charge in [0.05, 0.1) is 11.2 Å². The summed E-state index contributed by atoms with van der Waals surface area (Å²) in [6.07, 6.45) is 1.63. The molecule has 2 nitrogen and oxygen atoms in total. The van der Waals surface area contributed by atoms with Gasteiger partial charge in [0, 0.05) is 29.1 Å². The monoisotopic (exact) mass is 354 g/mol. The molecule has 1 unspecified atom stereocenters. The normalized spacial score (nSPS) is 19.9. The number of hydrogen-bond acceptors (Lipinski definition) is 2. The summed E-state index contributed by atoms with van der Waals surface area (Å²) in [6.45, 7) is -0.421. The molecule has 3 aromatic rings. The van der Waals surface area contributed by atoms with Gasteiger partial charge in [0.25, 0.3) is 0 Å². The van der Waals surface area contributed by atoms with E-state index in [0.29, 0.717) is 11.3 Å². The van der Waals surface area contributed by atoms with E-state index >= 15 is 0 Å². The van der Waals surface area contributed by atoms with Crippen molar-refractivity contribution in [1.29, 1.82) is 0 Å². The lowest BCUT2D eigenvalue weighted by atomic mass is 9.80. The average molecular weight is 354 g/mol. The first-order valence-corrected chi connectivity index (χ1v) is 8.41. The van der Waals surface area contributed by atoms with Crippen molar-refractivity contribution in [2.45, 2.75) is 24.8 Å². The van der Waals surface area contributed by atoms with Gasteiger partial charge in [-0.15, -0.1) is 0 Å². The standard InChI is InChI=1S/C21H17F3N2/c1-20(21(23,24)13-22)11-15-7-2-4-8-17(15)19(26-20)16-10-14-6-3-5-9-18(14)25-12-16/h2-10,12H,11,13H2,1H3. The van der Waals surface area contributed by atoms with E-state index in [4.69, 9.17) is 0 Å². The Morgan fingerprint density at radius 1 is 1.08 bits per heavy atom. The number of hydrogen-bond donors (Lipinski definition) is 0. The van der Waals surface area contributed by atoms with E-state index in [1.165, 1.54) is 6.92 Å². The Morgan fingerprint density at radius 2 is 1.81 bits per heavy atom. The minimum absolute atomic E-state index is 0.00932. The van der Waals surface area contributed by atoms with Crippen LogP contribution in [0.3, 0.4) is 0 Å². The van der Waals surface area contributed by atoms with Gasteiger partial charge in [0.1, 0.15) is 5.54 Å². The van der Waals surface area contributed by atoms with Crippen LogP contribution in [-0.2, 0) is 6.42 Å². The molecule has 5 heteroatoms. The first-order chi connectivity index (χ1) is 12.4. The fourth-order valence-corrected chi connectivity index (χ4v) is 3.40. The highest BCUT2D eigenvalue weighted by molar-refractivity contribution is 6.15. The van der Waals surface area contributed by atoms with Crippen LogP contribution in [0.25, 0.3) is 10.9 Å². The molecule has 1 aromatic heterocycles. The summed E-state index contributed by atoms with van der Waals surface area (Å²) in [7, 11) is 0. The summed E-state index contributed by atoms with van der Waals surface area (Å²) < 4.78 is 41.8. The third-order valence-electron chi connectivity index (χ3n) is 4.99. The summed E-state index contributed by atoms with van der Waals surface area (Å²) >= 11 is 0. The van der Waals surface area contributed by atoms with Crippen molar-refractivity contribution in [3.63, 3.8) is 0 Å².